The quantitative estimate of drug-likeness (QED) is 0.0201. The van der Waals surface area contributed by atoms with Crippen molar-refractivity contribution in [2.45, 2.75) is 135 Å². The SMILES string of the molecule is C=CC(=O)OCCOc1ccc(OC(=O)C2CCC(C(=O)Oc3ccc(C4CCC(C5CCC(CCC)CC5)CC4)cc3/C=N/N(CCCCCC)c3nc4ccccc4s3)CC2)cc1. The second kappa shape index (κ2) is 24.5. The van der Waals surface area contributed by atoms with Gasteiger partial charge in [-0.1, -0.05) is 94.9 Å². The van der Waals surface area contributed by atoms with Crippen molar-refractivity contribution in [1.29, 1.82) is 0 Å². The number of hydrogen-bond acceptors (Lipinski definition) is 11. The van der Waals surface area contributed by atoms with Crippen LogP contribution < -0.4 is 19.2 Å². The van der Waals surface area contributed by atoms with E-state index in [2.05, 4.69) is 38.6 Å². The lowest BCUT2D eigenvalue weighted by molar-refractivity contribution is -0.145. The summed E-state index contributed by atoms with van der Waals surface area (Å²) < 4.78 is 23.7. The zero-order valence-electron chi connectivity index (χ0n) is 38.6. The molecule has 0 N–H and O–H groups in total. The number of carbonyl (C=O) groups excluding carboxylic acids is 3. The molecule has 1 aromatic heterocycles. The number of esters is 3. The number of anilines is 1. The molecule has 348 valence electrons. The van der Waals surface area contributed by atoms with Crippen molar-refractivity contribution in [3.05, 3.63) is 90.5 Å². The monoisotopic (exact) mass is 903 g/mol. The number of thiazole rings is 1. The van der Waals surface area contributed by atoms with E-state index in [0.717, 1.165) is 70.5 Å². The van der Waals surface area contributed by atoms with E-state index in [1.54, 1.807) is 35.6 Å². The zero-order chi connectivity index (χ0) is 45.4. The summed E-state index contributed by atoms with van der Waals surface area (Å²) in [7, 11) is 0. The van der Waals surface area contributed by atoms with Crippen molar-refractivity contribution >= 4 is 50.8 Å². The molecule has 0 unspecified atom stereocenters. The summed E-state index contributed by atoms with van der Waals surface area (Å²) in [6.07, 6.45) is 22.9. The Morgan fingerprint density at radius 3 is 2.11 bits per heavy atom. The Hall–Kier alpha value is -5.03. The molecule has 3 aliphatic carbocycles. The fourth-order valence-corrected chi connectivity index (χ4v) is 11.2. The summed E-state index contributed by atoms with van der Waals surface area (Å²) in [6, 6.07) is 21.3. The number of aromatic nitrogens is 1. The molecule has 11 heteroatoms. The molecule has 0 atom stereocenters. The van der Waals surface area contributed by atoms with E-state index in [9.17, 15) is 14.4 Å². The number of ether oxygens (including phenoxy) is 4. The number of rotatable bonds is 21. The predicted octanol–water partition coefficient (Wildman–Crippen LogP) is 13.0. The molecule has 3 saturated carbocycles. The Morgan fingerprint density at radius 2 is 1.43 bits per heavy atom. The average molecular weight is 904 g/mol. The van der Waals surface area contributed by atoms with Gasteiger partial charge in [0.25, 0.3) is 0 Å². The van der Waals surface area contributed by atoms with E-state index in [0.29, 0.717) is 48.8 Å². The van der Waals surface area contributed by atoms with Crippen LogP contribution in [0.25, 0.3) is 10.2 Å². The summed E-state index contributed by atoms with van der Waals surface area (Å²) in [5.41, 5.74) is 3.06. The summed E-state index contributed by atoms with van der Waals surface area (Å²) in [5, 5.41) is 7.98. The maximum atomic E-state index is 13.9. The fraction of sp³-hybridized carbons (Fsp3) is 0.537. The Bertz CT molecular complexity index is 2150. The summed E-state index contributed by atoms with van der Waals surface area (Å²) in [5.74, 6) is 2.90. The number of para-hydroxylation sites is 1. The van der Waals surface area contributed by atoms with Crippen LogP contribution in [-0.2, 0) is 19.1 Å². The van der Waals surface area contributed by atoms with E-state index < -0.39 is 5.97 Å². The van der Waals surface area contributed by atoms with Crippen LogP contribution in [0.2, 0.25) is 0 Å². The summed E-state index contributed by atoms with van der Waals surface area (Å²) in [4.78, 5) is 43.3. The number of fused-ring (bicyclic) bond motifs is 1. The van der Waals surface area contributed by atoms with Gasteiger partial charge in [-0.3, -0.25) is 9.59 Å². The number of unbranched alkanes of at least 4 members (excludes halogenated alkanes) is 3. The standard InChI is InChI=1S/C54H69N3O7S/c1-4-7-8-11-33-57(54-56-48-13-9-10-14-50(48)65-54)55-37-45-36-44(41-21-19-40(20-22-41)39-17-15-38(12-5-2)16-18-39)27-32-49(45)64-53(60)43-25-23-42(24-26-43)52(59)63-47-30-28-46(29-31-47)61-34-35-62-51(58)6-3/h6,9-10,13-14,27-32,36-43H,3-5,7-8,11-12,15-26,33-35H2,1-2H3/b55-37+. The molecule has 65 heavy (non-hydrogen) atoms. The smallest absolute Gasteiger partial charge is 0.330 e. The molecule has 4 aromatic rings. The third-order valence-corrected chi connectivity index (χ3v) is 15.1. The van der Waals surface area contributed by atoms with Crippen LogP contribution in [0.1, 0.15) is 146 Å². The van der Waals surface area contributed by atoms with Gasteiger partial charge >= 0.3 is 17.9 Å². The van der Waals surface area contributed by atoms with Crippen LogP contribution in [0, 0.1) is 29.6 Å². The highest BCUT2D eigenvalue weighted by molar-refractivity contribution is 7.22. The largest absolute Gasteiger partial charge is 0.490 e. The Morgan fingerprint density at radius 1 is 0.754 bits per heavy atom. The number of hydrogen-bond donors (Lipinski definition) is 0. The molecule has 3 aliphatic rings. The van der Waals surface area contributed by atoms with Gasteiger partial charge in [0.15, 0.2) is 0 Å². The van der Waals surface area contributed by atoms with Crippen LogP contribution in [0.4, 0.5) is 5.13 Å². The van der Waals surface area contributed by atoms with Gasteiger partial charge in [0.1, 0.15) is 30.5 Å². The van der Waals surface area contributed by atoms with Gasteiger partial charge in [-0.25, -0.2) is 14.8 Å². The maximum Gasteiger partial charge on any atom is 0.330 e. The average Bonchev–Trinajstić information content (AvgIpc) is 3.78. The number of carbonyl (C=O) groups is 3. The highest BCUT2D eigenvalue weighted by atomic mass is 32.1. The molecule has 10 nitrogen and oxygen atoms in total. The Kier molecular flexibility index (Phi) is 18.0. The van der Waals surface area contributed by atoms with Gasteiger partial charge < -0.3 is 18.9 Å². The molecule has 0 aliphatic heterocycles. The maximum absolute atomic E-state index is 13.9. The Labute approximate surface area is 390 Å². The second-order valence-corrected chi connectivity index (χ2v) is 19.5. The third kappa shape index (κ3) is 13.8. The second-order valence-electron chi connectivity index (χ2n) is 18.5. The van der Waals surface area contributed by atoms with Crippen molar-refractivity contribution in [2.75, 3.05) is 24.8 Å². The van der Waals surface area contributed by atoms with Crippen LogP contribution >= 0.6 is 11.3 Å². The van der Waals surface area contributed by atoms with E-state index in [-0.39, 0.29) is 37.0 Å². The minimum atomic E-state index is -0.504. The van der Waals surface area contributed by atoms with E-state index >= 15 is 0 Å². The molecule has 0 spiro atoms. The van der Waals surface area contributed by atoms with Crippen LogP contribution in [0.5, 0.6) is 17.2 Å². The van der Waals surface area contributed by atoms with Gasteiger partial charge in [0.2, 0.25) is 5.13 Å². The first-order valence-electron chi connectivity index (χ1n) is 24.6. The van der Waals surface area contributed by atoms with Crippen molar-refractivity contribution in [3.8, 4) is 17.2 Å². The van der Waals surface area contributed by atoms with Crippen molar-refractivity contribution in [2.24, 2.45) is 34.7 Å². The third-order valence-electron chi connectivity index (χ3n) is 14.0. The summed E-state index contributed by atoms with van der Waals surface area (Å²) in [6.45, 7) is 8.95. The lowest BCUT2D eigenvalue weighted by atomic mass is 9.68. The lowest BCUT2D eigenvalue weighted by Gasteiger charge is -2.38. The molecule has 3 aromatic carbocycles. The zero-order valence-corrected chi connectivity index (χ0v) is 39.5. The first-order chi connectivity index (χ1) is 31.8. The molecule has 0 amide bonds. The predicted molar refractivity (Wildman–Crippen MR) is 260 cm³/mol. The van der Waals surface area contributed by atoms with Gasteiger partial charge in [0, 0.05) is 18.2 Å². The molecule has 0 radical (unpaired) electrons. The lowest BCUT2D eigenvalue weighted by Crippen LogP contribution is -2.30. The summed E-state index contributed by atoms with van der Waals surface area (Å²) >= 11 is 1.65. The molecule has 0 bridgehead atoms. The normalized spacial score (nSPS) is 22.3. The number of hydrazone groups is 1. The number of nitrogens with zero attached hydrogens (tertiary/aromatic N) is 3. The fourth-order valence-electron chi connectivity index (χ4n) is 10.2. The number of benzene rings is 3. The van der Waals surface area contributed by atoms with E-state index in [1.165, 1.54) is 76.2 Å². The highest BCUT2D eigenvalue weighted by Gasteiger charge is 2.34. The van der Waals surface area contributed by atoms with Crippen LogP contribution in [0.3, 0.4) is 0 Å². The molecule has 7 rings (SSSR count). The van der Waals surface area contributed by atoms with Crippen molar-refractivity contribution in [3.63, 3.8) is 0 Å². The molecular formula is C54H69N3O7S. The Balaban J connectivity index is 0.997. The van der Waals surface area contributed by atoms with Gasteiger partial charge in [-0.15, -0.1) is 0 Å². The van der Waals surface area contributed by atoms with Gasteiger partial charge in [-0.2, -0.15) is 5.10 Å². The molecular weight excluding hydrogens is 835 g/mol. The van der Waals surface area contributed by atoms with E-state index in [1.807, 2.05) is 35.5 Å². The first kappa shape index (κ1) is 47.9. The topological polar surface area (TPSA) is 117 Å². The highest BCUT2D eigenvalue weighted by Crippen LogP contribution is 2.45. The minimum absolute atomic E-state index is 0.101. The molecule has 3 fully saturated rings. The van der Waals surface area contributed by atoms with Crippen LogP contribution in [-0.4, -0.2) is 48.9 Å². The van der Waals surface area contributed by atoms with Crippen molar-refractivity contribution in [1.82, 2.24) is 4.98 Å². The van der Waals surface area contributed by atoms with E-state index in [4.69, 9.17) is 29.0 Å². The van der Waals surface area contributed by atoms with Gasteiger partial charge in [-0.05, 0) is 148 Å². The molecule has 0 saturated heterocycles. The first-order valence-corrected chi connectivity index (χ1v) is 25.4. The van der Waals surface area contributed by atoms with Crippen LogP contribution in [0.15, 0.2) is 84.5 Å². The minimum Gasteiger partial charge on any atom is -0.490 e. The van der Waals surface area contributed by atoms with Gasteiger partial charge in [0.05, 0.1) is 28.3 Å². The van der Waals surface area contributed by atoms with Crippen molar-refractivity contribution < 1.29 is 33.3 Å². The molecule has 1 heterocycles.